The van der Waals surface area contributed by atoms with Gasteiger partial charge in [0.2, 0.25) is 11.9 Å². The highest BCUT2D eigenvalue weighted by molar-refractivity contribution is 6.30. The summed E-state index contributed by atoms with van der Waals surface area (Å²) in [4.78, 5) is 22.2. The Balaban J connectivity index is 1.90. The van der Waals surface area contributed by atoms with E-state index in [9.17, 15) is 4.79 Å². The van der Waals surface area contributed by atoms with E-state index in [1.807, 2.05) is 31.9 Å². The Bertz CT molecular complexity index is 698. The lowest BCUT2D eigenvalue weighted by Gasteiger charge is -2.25. The molecule has 0 aromatic carbocycles. The number of amides is 1. The molecular formula is C14H17ClN6O. The highest BCUT2D eigenvalue weighted by Crippen LogP contribution is 2.34. The average Bonchev–Trinajstić information content (AvgIpc) is 2.95. The van der Waals surface area contributed by atoms with E-state index in [0.29, 0.717) is 17.4 Å². The van der Waals surface area contributed by atoms with Gasteiger partial charge < -0.3 is 10.2 Å². The Morgan fingerprint density at radius 2 is 1.95 bits per heavy atom. The number of likely N-dealkylation sites (tertiary alicyclic amines) is 1. The molecule has 7 nitrogen and oxygen atoms in total. The van der Waals surface area contributed by atoms with E-state index in [1.165, 1.54) is 12.4 Å². The van der Waals surface area contributed by atoms with E-state index in [2.05, 4.69) is 20.4 Å². The van der Waals surface area contributed by atoms with Gasteiger partial charge in [0.25, 0.3) is 0 Å². The van der Waals surface area contributed by atoms with Crippen molar-refractivity contribution >= 4 is 23.5 Å². The normalized spacial score (nSPS) is 21.5. The molecule has 1 amide bonds. The maximum Gasteiger partial charge on any atom is 0.225 e. The van der Waals surface area contributed by atoms with Crippen LogP contribution in [0.3, 0.4) is 0 Å². The van der Waals surface area contributed by atoms with Gasteiger partial charge in [0.15, 0.2) is 0 Å². The zero-order valence-electron chi connectivity index (χ0n) is 12.6. The molecular weight excluding hydrogens is 304 g/mol. The highest BCUT2D eigenvalue weighted by Gasteiger charge is 2.40. The molecule has 0 aliphatic carbocycles. The maximum absolute atomic E-state index is 12.1. The average molecular weight is 321 g/mol. The largest absolute Gasteiger partial charge is 0.349 e. The summed E-state index contributed by atoms with van der Waals surface area (Å²) in [5.74, 6) is 0.545. The van der Waals surface area contributed by atoms with E-state index in [1.54, 1.807) is 4.90 Å². The van der Waals surface area contributed by atoms with Crippen molar-refractivity contribution in [3.63, 3.8) is 0 Å². The summed E-state index contributed by atoms with van der Waals surface area (Å²) in [6.45, 7) is 1.99. The van der Waals surface area contributed by atoms with Gasteiger partial charge in [-0.1, -0.05) is 11.6 Å². The monoisotopic (exact) mass is 320 g/mol. The molecule has 2 atom stereocenters. The fraction of sp³-hybridized carbons (Fsp3) is 0.429. The van der Waals surface area contributed by atoms with E-state index >= 15 is 0 Å². The molecule has 8 heteroatoms. The number of halogens is 1. The van der Waals surface area contributed by atoms with E-state index < -0.39 is 0 Å². The first kappa shape index (κ1) is 14.8. The number of hydrogen-bond donors (Lipinski definition) is 1. The Morgan fingerprint density at radius 3 is 2.55 bits per heavy atom. The number of aromatic nitrogens is 4. The van der Waals surface area contributed by atoms with Crippen LogP contribution in [-0.2, 0) is 11.8 Å². The maximum atomic E-state index is 12.1. The van der Waals surface area contributed by atoms with Crippen molar-refractivity contribution in [2.24, 2.45) is 7.05 Å². The summed E-state index contributed by atoms with van der Waals surface area (Å²) in [7, 11) is 3.70. The Labute approximate surface area is 133 Å². The Kier molecular flexibility index (Phi) is 3.74. The van der Waals surface area contributed by atoms with Gasteiger partial charge in [-0.05, 0) is 6.92 Å². The van der Waals surface area contributed by atoms with Crippen LogP contribution in [0.1, 0.15) is 23.7 Å². The van der Waals surface area contributed by atoms with E-state index in [-0.39, 0.29) is 18.0 Å². The van der Waals surface area contributed by atoms with Gasteiger partial charge in [0.05, 0.1) is 35.7 Å². The number of aryl methyl sites for hydroxylation is 1. The number of anilines is 1. The Hall–Kier alpha value is -2.15. The van der Waals surface area contributed by atoms with Gasteiger partial charge in [0, 0.05) is 31.8 Å². The number of rotatable bonds is 3. The van der Waals surface area contributed by atoms with Gasteiger partial charge in [0.1, 0.15) is 0 Å². The third-order valence-corrected chi connectivity index (χ3v) is 4.31. The molecule has 2 aromatic rings. The molecule has 1 saturated heterocycles. The van der Waals surface area contributed by atoms with Crippen LogP contribution < -0.4 is 5.32 Å². The summed E-state index contributed by atoms with van der Waals surface area (Å²) in [5, 5.41) is 7.99. The molecule has 1 fully saturated rings. The second kappa shape index (κ2) is 5.57. The van der Waals surface area contributed by atoms with Crippen molar-refractivity contribution in [3.05, 3.63) is 34.9 Å². The summed E-state index contributed by atoms with van der Waals surface area (Å²) in [6, 6.07) is -0.206. The predicted octanol–water partition coefficient (Wildman–Crippen LogP) is 1.56. The second-order valence-corrected chi connectivity index (χ2v) is 5.87. The number of nitrogens with zero attached hydrogens (tertiary/aromatic N) is 5. The predicted molar refractivity (Wildman–Crippen MR) is 82.5 cm³/mol. The smallest absolute Gasteiger partial charge is 0.225 e. The van der Waals surface area contributed by atoms with Crippen molar-refractivity contribution in [1.29, 1.82) is 0 Å². The topological polar surface area (TPSA) is 75.9 Å². The minimum atomic E-state index is -0.110. The van der Waals surface area contributed by atoms with Gasteiger partial charge in [-0.2, -0.15) is 5.10 Å². The first-order valence-corrected chi connectivity index (χ1v) is 7.33. The van der Waals surface area contributed by atoms with Gasteiger partial charge in [-0.25, -0.2) is 9.97 Å². The van der Waals surface area contributed by atoms with Crippen LogP contribution in [0.5, 0.6) is 0 Å². The highest BCUT2D eigenvalue weighted by atomic mass is 35.5. The van der Waals surface area contributed by atoms with Crippen molar-refractivity contribution in [3.8, 4) is 0 Å². The quantitative estimate of drug-likeness (QED) is 0.928. The number of hydrogen-bond acceptors (Lipinski definition) is 5. The standard InChI is InChI=1S/C14H17ClN6O/c1-8-10(7-18-21(8)3)13-11(4-12(22)20(13)2)19-14-16-5-9(15)6-17-14/h5-7,11,13H,4H2,1-3H3,(H,16,17,19)/t11-,13+/m1/s1. The van der Waals surface area contributed by atoms with Crippen molar-refractivity contribution in [1.82, 2.24) is 24.6 Å². The van der Waals surface area contributed by atoms with Crippen LogP contribution >= 0.6 is 11.6 Å². The SMILES string of the molecule is Cc1c([C@H]2[C@H](Nc3ncc(Cl)cn3)CC(=O)N2C)cnn1C. The van der Waals surface area contributed by atoms with Gasteiger partial charge >= 0.3 is 0 Å². The molecule has 116 valence electrons. The zero-order chi connectivity index (χ0) is 15.9. The fourth-order valence-corrected chi connectivity index (χ4v) is 2.88. The molecule has 1 aliphatic heterocycles. The molecule has 3 rings (SSSR count). The lowest BCUT2D eigenvalue weighted by molar-refractivity contribution is -0.127. The summed E-state index contributed by atoms with van der Waals surface area (Å²) in [6.07, 6.45) is 5.26. The van der Waals surface area contributed by atoms with Crippen LogP contribution in [0.2, 0.25) is 5.02 Å². The first-order chi connectivity index (χ1) is 10.5. The number of carbonyl (C=O) groups excluding carboxylic acids is 1. The number of likely N-dealkylation sites (N-methyl/N-ethyl adjacent to an activating group) is 1. The summed E-state index contributed by atoms with van der Waals surface area (Å²) >= 11 is 5.80. The molecule has 0 radical (unpaired) electrons. The fourth-order valence-electron chi connectivity index (χ4n) is 2.78. The molecule has 1 N–H and O–H groups in total. The van der Waals surface area contributed by atoms with E-state index in [0.717, 1.165) is 11.3 Å². The van der Waals surface area contributed by atoms with Crippen LogP contribution in [0.4, 0.5) is 5.95 Å². The minimum Gasteiger partial charge on any atom is -0.349 e. The lowest BCUT2D eigenvalue weighted by atomic mass is 10.0. The second-order valence-electron chi connectivity index (χ2n) is 5.44. The summed E-state index contributed by atoms with van der Waals surface area (Å²) < 4.78 is 1.81. The summed E-state index contributed by atoms with van der Waals surface area (Å²) in [5.41, 5.74) is 2.07. The molecule has 0 bridgehead atoms. The van der Waals surface area contributed by atoms with Crippen LogP contribution in [0, 0.1) is 6.92 Å². The van der Waals surface area contributed by atoms with Crippen molar-refractivity contribution < 1.29 is 4.79 Å². The van der Waals surface area contributed by atoms with Crippen molar-refractivity contribution in [2.75, 3.05) is 12.4 Å². The number of nitrogens with one attached hydrogen (secondary N) is 1. The molecule has 0 unspecified atom stereocenters. The third-order valence-electron chi connectivity index (χ3n) is 4.11. The zero-order valence-corrected chi connectivity index (χ0v) is 13.4. The van der Waals surface area contributed by atoms with Crippen molar-refractivity contribution in [2.45, 2.75) is 25.4 Å². The number of carbonyl (C=O) groups is 1. The van der Waals surface area contributed by atoms with E-state index in [4.69, 9.17) is 11.6 Å². The van der Waals surface area contributed by atoms with Gasteiger partial charge in [-0.15, -0.1) is 0 Å². The minimum absolute atomic E-state index is 0.0831. The molecule has 22 heavy (non-hydrogen) atoms. The first-order valence-electron chi connectivity index (χ1n) is 6.95. The van der Waals surface area contributed by atoms with Crippen LogP contribution in [0.25, 0.3) is 0 Å². The van der Waals surface area contributed by atoms with Crippen LogP contribution in [0.15, 0.2) is 18.6 Å². The van der Waals surface area contributed by atoms with Crippen LogP contribution in [-0.4, -0.2) is 43.6 Å². The molecule has 2 aromatic heterocycles. The molecule has 0 saturated carbocycles. The Morgan fingerprint density at radius 1 is 1.27 bits per heavy atom. The third kappa shape index (κ3) is 2.52. The molecule has 0 spiro atoms. The van der Waals surface area contributed by atoms with Gasteiger partial charge in [-0.3, -0.25) is 9.48 Å². The molecule has 1 aliphatic rings. The molecule has 3 heterocycles. The lowest BCUT2D eigenvalue weighted by Crippen LogP contribution is -2.30.